The first-order valence-corrected chi connectivity index (χ1v) is 4.76. The van der Waals surface area contributed by atoms with Crippen LogP contribution in [-0.4, -0.2) is 11.1 Å². The second kappa shape index (κ2) is 4.39. The Bertz CT molecular complexity index is 376. The van der Waals surface area contributed by atoms with Crippen molar-refractivity contribution in [2.24, 2.45) is 5.73 Å². The summed E-state index contributed by atoms with van der Waals surface area (Å²) in [6.07, 6.45) is 1.51. The molecule has 1 aromatic carbocycles. The van der Waals surface area contributed by atoms with Gasteiger partial charge in [0.25, 0.3) is 0 Å². The van der Waals surface area contributed by atoms with E-state index < -0.39 is 12.0 Å². The van der Waals surface area contributed by atoms with Crippen LogP contribution in [0.1, 0.15) is 22.0 Å². The van der Waals surface area contributed by atoms with Crippen molar-refractivity contribution in [2.75, 3.05) is 0 Å². The third-order valence-corrected chi connectivity index (χ3v) is 2.35. The molecule has 0 saturated carbocycles. The Morgan fingerprint density at radius 2 is 2.29 bits per heavy atom. The molecule has 74 valence electrons. The van der Waals surface area contributed by atoms with Crippen LogP contribution in [0, 0.1) is 0 Å². The van der Waals surface area contributed by atoms with E-state index in [-0.39, 0.29) is 5.56 Å². The van der Waals surface area contributed by atoms with Gasteiger partial charge in [-0.1, -0.05) is 28.1 Å². The summed E-state index contributed by atoms with van der Waals surface area (Å²) in [5.41, 5.74) is 6.45. The molecular formula is C10H10BrNO2. The molecule has 3 N–H and O–H groups in total. The molecule has 4 heteroatoms. The molecule has 3 nitrogen and oxygen atoms in total. The molecule has 0 heterocycles. The molecule has 14 heavy (non-hydrogen) atoms. The Balaban J connectivity index is 3.28. The maximum absolute atomic E-state index is 10.9. The van der Waals surface area contributed by atoms with Gasteiger partial charge in [-0.3, -0.25) is 0 Å². The highest BCUT2D eigenvalue weighted by Crippen LogP contribution is 2.21. The van der Waals surface area contributed by atoms with Gasteiger partial charge in [0.05, 0.1) is 5.56 Å². The minimum atomic E-state index is -0.987. The van der Waals surface area contributed by atoms with Crippen molar-refractivity contribution in [1.82, 2.24) is 0 Å². The standard InChI is InChI=1S/C10H10BrNO2/c1-2-9(12)7-4-3-6(11)5-8(7)10(13)14/h2-5,9H,1,12H2,(H,13,14). The SMILES string of the molecule is C=CC(N)c1ccc(Br)cc1C(=O)O. The molecule has 0 aromatic heterocycles. The molecule has 0 aliphatic heterocycles. The molecule has 0 amide bonds. The molecule has 1 atom stereocenters. The zero-order valence-electron chi connectivity index (χ0n) is 7.40. The van der Waals surface area contributed by atoms with Crippen LogP contribution in [0.3, 0.4) is 0 Å². The van der Waals surface area contributed by atoms with Crippen molar-refractivity contribution >= 4 is 21.9 Å². The van der Waals surface area contributed by atoms with E-state index in [9.17, 15) is 4.79 Å². The lowest BCUT2D eigenvalue weighted by molar-refractivity contribution is 0.0695. The van der Waals surface area contributed by atoms with Gasteiger partial charge in [0.1, 0.15) is 0 Å². The highest BCUT2D eigenvalue weighted by molar-refractivity contribution is 9.10. The zero-order valence-corrected chi connectivity index (χ0v) is 8.99. The lowest BCUT2D eigenvalue weighted by atomic mass is 10.0. The van der Waals surface area contributed by atoms with E-state index in [0.717, 1.165) is 4.47 Å². The van der Waals surface area contributed by atoms with Crippen LogP contribution >= 0.6 is 15.9 Å². The average molecular weight is 256 g/mol. The number of halogens is 1. The third-order valence-electron chi connectivity index (χ3n) is 1.86. The molecule has 0 aliphatic rings. The molecule has 0 aliphatic carbocycles. The van der Waals surface area contributed by atoms with Crippen molar-refractivity contribution in [3.05, 3.63) is 46.5 Å². The number of rotatable bonds is 3. The highest BCUT2D eigenvalue weighted by Gasteiger charge is 2.13. The number of hydrogen-bond acceptors (Lipinski definition) is 2. The molecule has 0 bridgehead atoms. The number of nitrogens with two attached hydrogens (primary N) is 1. The molecule has 0 spiro atoms. The summed E-state index contributed by atoms with van der Waals surface area (Å²) in [5.74, 6) is -0.987. The second-order valence-corrected chi connectivity index (χ2v) is 3.71. The first-order chi connectivity index (χ1) is 6.56. The van der Waals surface area contributed by atoms with E-state index in [0.29, 0.717) is 5.56 Å². The van der Waals surface area contributed by atoms with E-state index in [1.54, 1.807) is 12.1 Å². The van der Waals surface area contributed by atoms with E-state index in [1.165, 1.54) is 12.1 Å². The fraction of sp³-hybridized carbons (Fsp3) is 0.100. The van der Waals surface area contributed by atoms with Crippen LogP contribution in [0.2, 0.25) is 0 Å². The van der Waals surface area contributed by atoms with Crippen molar-refractivity contribution in [1.29, 1.82) is 0 Å². The summed E-state index contributed by atoms with van der Waals surface area (Å²) in [6, 6.07) is 4.51. The van der Waals surface area contributed by atoms with Gasteiger partial charge < -0.3 is 10.8 Å². The van der Waals surface area contributed by atoms with E-state index >= 15 is 0 Å². The Hall–Kier alpha value is -1.13. The lowest BCUT2D eigenvalue weighted by Gasteiger charge is -2.10. The summed E-state index contributed by atoms with van der Waals surface area (Å²) in [7, 11) is 0. The predicted molar refractivity (Wildman–Crippen MR) is 58.2 cm³/mol. The van der Waals surface area contributed by atoms with Crippen molar-refractivity contribution in [3.8, 4) is 0 Å². The Kier molecular flexibility index (Phi) is 3.43. The summed E-state index contributed by atoms with van der Waals surface area (Å²) < 4.78 is 0.718. The van der Waals surface area contributed by atoms with Gasteiger partial charge >= 0.3 is 5.97 Å². The van der Waals surface area contributed by atoms with Gasteiger partial charge in [-0.25, -0.2) is 4.79 Å². The van der Waals surface area contributed by atoms with Crippen LogP contribution < -0.4 is 5.73 Å². The first kappa shape index (κ1) is 10.9. The van der Waals surface area contributed by atoms with E-state index in [4.69, 9.17) is 10.8 Å². The quantitative estimate of drug-likeness (QED) is 0.816. The number of aromatic carboxylic acids is 1. The monoisotopic (exact) mass is 255 g/mol. The fourth-order valence-corrected chi connectivity index (χ4v) is 1.49. The number of carboxylic acids is 1. The maximum atomic E-state index is 10.9. The second-order valence-electron chi connectivity index (χ2n) is 2.80. The fourth-order valence-electron chi connectivity index (χ4n) is 1.13. The van der Waals surface area contributed by atoms with Crippen LogP contribution in [0.5, 0.6) is 0 Å². The van der Waals surface area contributed by atoms with Gasteiger partial charge in [0, 0.05) is 10.5 Å². The van der Waals surface area contributed by atoms with Crippen LogP contribution in [0.4, 0.5) is 0 Å². The normalized spacial score (nSPS) is 12.1. The summed E-state index contributed by atoms with van der Waals surface area (Å²) in [6.45, 7) is 3.53. The first-order valence-electron chi connectivity index (χ1n) is 3.97. The van der Waals surface area contributed by atoms with Gasteiger partial charge in [-0.2, -0.15) is 0 Å². The van der Waals surface area contributed by atoms with Gasteiger partial charge in [-0.15, -0.1) is 6.58 Å². The zero-order chi connectivity index (χ0) is 10.7. The highest BCUT2D eigenvalue weighted by atomic mass is 79.9. The van der Waals surface area contributed by atoms with Crippen LogP contribution in [0.15, 0.2) is 35.3 Å². The number of benzene rings is 1. The molecular weight excluding hydrogens is 246 g/mol. The topological polar surface area (TPSA) is 63.3 Å². The van der Waals surface area contributed by atoms with Crippen LogP contribution in [-0.2, 0) is 0 Å². The predicted octanol–water partition coefficient (Wildman–Crippen LogP) is 2.33. The number of carbonyl (C=O) groups is 1. The van der Waals surface area contributed by atoms with Crippen LogP contribution in [0.25, 0.3) is 0 Å². The van der Waals surface area contributed by atoms with E-state index in [1.807, 2.05) is 0 Å². The largest absolute Gasteiger partial charge is 0.478 e. The van der Waals surface area contributed by atoms with Crippen molar-refractivity contribution < 1.29 is 9.90 Å². The van der Waals surface area contributed by atoms with Gasteiger partial charge in [0.2, 0.25) is 0 Å². The van der Waals surface area contributed by atoms with Gasteiger partial charge in [0.15, 0.2) is 0 Å². The molecule has 1 unspecified atom stereocenters. The lowest BCUT2D eigenvalue weighted by Crippen LogP contribution is -2.12. The third kappa shape index (κ3) is 2.21. The summed E-state index contributed by atoms with van der Waals surface area (Å²) in [5, 5.41) is 8.92. The molecule has 1 rings (SSSR count). The van der Waals surface area contributed by atoms with Gasteiger partial charge in [-0.05, 0) is 17.7 Å². The summed E-state index contributed by atoms with van der Waals surface area (Å²) >= 11 is 3.21. The molecule has 0 radical (unpaired) electrons. The number of hydrogen-bond donors (Lipinski definition) is 2. The Morgan fingerprint density at radius 3 is 2.79 bits per heavy atom. The maximum Gasteiger partial charge on any atom is 0.336 e. The Morgan fingerprint density at radius 1 is 1.64 bits per heavy atom. The average Bonchev–Trinajstić information content (AvgIpc) is 2.16. The van der Waals surface area contributed by atoms with Crippen molar-refractivity contribution in [2.45, 2.75) is 6.04 Å². The minimum absolute atomic E-state index is 0.201. The number of carboxylic acid groups (broad SMARTS) is 1. The minimum Gasteiger partial charge on any atom is -0.478 e. The molecule has 1 aromatic rings. The summed E-state index contributed by atoms with van der Waals surface area (Å²) in [4.78, 5) is 10.9. The smallest absolute Gasteiger partial charge is 0.336 e. The molecule has 0 saturated heterocycles. The Labute approximate surface area is 90.4 Å². The van der Waals surface area contributed by atoms with E-state index in [2.05, 4.69) is 22.5 Å². The van der Waals surface area contributed by atoms with Crippen molar-refractivity contribution in [3.63, 3.8) is 0 Å². The molecule has 0 fully saturated rings.